The molecule has 4 aromatic rings. The second kappa shape index (κ2) is 9.17. The van der Waals surface area contributed by atoms with Crippen LogP contribution in [0.4, 0.5) is 0 Å². The standard InChI is InChI=1S/C25H22N4O2/c1-18-6-12-21(13-7-18)24(30)22-4-2-3-5-23(22)25(31)27-14-19-8-10-20(11-9-19)15-29-17-26-16-28-29/h2-13,16-17H,14-15H2,1H3,(H,27,31). The van der Waals surface area contributed by atoms with Gasteiger partial charge in [-0.1, -0.05) is 72.3 Å². The number of hydrogen-bond acceptors (Lipinski definition) is 4. The van der Waals surface area contributed by atoms with Crippen molar-refractivity contribution in [2.24, 2.45) is 0 Å². The van der Waals surface area contributed by atoms with E-state index in [1.807, 2.05) is 43.3 Å². The van der Waals surface area contributed by atoms with Crippen LogP contribution in [-0.4, -0.2) is 26.5 Å². The van der Waals surface area contributed by atoms with Gasteiger partial charge in [-0.3, -0.25) is 9.59 Å². The fourth-order valence-electron chi connectivity index (χ4n) is 3.28. The van der Waals surface area contributed by atoms with Crippen LogP contribution in [0.1, 0.15) is 43.0 Å². The largest absolute Gasteiger partial charge is 0.348 e. The van der Waals surface area contributed by atoms with E-state index >= 15 is 0 Å². The topological polar surface area (TPSA) is 76.9 Å². The molecule has 0 unspecified atom stereocenters. The summed E-state index contributed by atoms with van der Waals surface area (Å²) in [4.78, 5) is 29.7. The summed E-state index contributed by atoms with van der Waals surface area (Å²) < 4.78 is 1.75. The van der Waals surface area contributed by atoms with Crippen LogP contribution < -0.4 is 5.32 Å². The number of aryl methyl sites for hydroxylation is 1. The molecule has 0 radical (unpaired) electrons. The van der Waals surface area contributed by atoms with E-state index in [-0.39, 0.29) is 11.7 Å². The van der Waals surface area contributed by atoms with Crippen LogP contribution >= 0.6 is 0 Å². The second-order valence-electron chi connectivity index (χ2n) is 7.33. The van der Waals surface area contributed by atoms with Gasteiger partial charge in [0, 0.05) is 17.7 Å². The van der Waals surface area contributed by atoms with E-state index in [0.29, 0.717) is 29.8 Å². The molecule has 0 saturated carbocycles. The lowest BCUT2D eigenvalue weighted by molar-refractivity contribution is 0.0939. The maximum atomic E-state index is 12.9. The fourth-order valence-corrected chi connectivity index (χ4v) is 3.28. The van der Waals surface area contributed by atoms with Crippen LogP contribution in [0.5, 0.6) is 0 Å². The predicted octanol–water partition coefficient (Wildman–Crippen LogP) is 3.80. The van der Waals surface area contributed by atoms with E-state index in [0.717, 1.165) is 16.7 Å². The number of benzene rings is 3. The van der Waals surface area contributed by atoms with Crippen molar-refractivity contribution in [2.45, 2.75) is 20.0 Å². The first kappa shape index (κ1) is 20.2. The molecular weight excluding hydrogens is 388 g/mol. The van der Waals surface area contributed by atoms with Crippen molar-refractivity contribution in [3.63, 3.8) is 0 Å². The zero-order chi connectivity index (χ0) is 21.6. The summed E-state index contributed by atoms with van der Waals surface area (Å²) in [7, 11) is 0. The van der Waals surface area contributed by atoms with Crippen molar-refractivity contribution in [1.29, 1.82) is 0 Å². The Morgan fingerprint density at radius 1 is 0.871 bits per heavy atom. The summed E-state index contributed by atoms with van der Waals surface area (Å²) in [6.07, 6.45) is 3.18. The molecule has 0 atom stereocenters. The first-order chi connectivity index (χ1) is 15.1. The highest BCUT2D eigenvalue weighted by molar-refractivity contribution is 6.15. The van der Waals surface area contributed by atoms with E-state index in [9.17, 15) is 9.59 Å². The number of rotatable bonds is 7. The van der Waals surface area contributed by atoms with E-state index < -0.39 is 0 Å². The summed E-state index contributed by atoms with van der Waals surface area (Å²) in [6.45, 7) is 2.98. The van der Waals surface area contributed by atoms with Crippen LogP contribution in [0, 0.1) is 6.92 Å². The zero-order valence-corrected chi connectivity index (χ0v) is 17.2. The molecule has 1 heterocycles. The van der Waals surface area contributed by atoms with Crippen molar-refractivity contribution < 1.29 is 9.59 Å². The average molecular weight is 410 g/mol. The summed E-state index contributed by atoms with van der Waals surface area (Å²) in [6, 6.07) is 22.2. The number of nitrogens with one attached hydrogen (secondary N) is 1. The fraction of sp³-hybridized carbons (Fsp3) is 0.120. The van der Waals surface area contributed by atoms with Crippen molar-refractivity contribution in [3.8, 4) is 0 Å². The monoisotopic (exact) mass is 410 g/mol. The number of amides is 1. The lowest BCUT2D eigenvalue weighted by atomic mass is 9.97. The Bertz CT molecular complexity index is 1180. The third-order valence-corrected chi connectivity index (χ3v) is 5.02. The van der Waals surface area contributed by atoms with Crippen molar-refractivity contribution in [2.75, 3.05) is 0 Å². The van der Waals surface area contributed by atoms with Crippen LogP contribution in [0.15, 0.2) is 85.5 Å². The summed E-state index contributed by atoms with van der Waals surface area (Å²) in [5.41, 5.74) is 4.47. The Morgan fingerprint density at radius 2 is 1.55 bits per heavy atom. The highest BCUT2D eigenvalue weighted by Gasteiger charge is 2.17. The van der Waals surface area contributed by atoms with Gasteiger partial charge in [-0.15, -0.1) is 0 Å². The summed E-state index contributed by atoms with van der Waals surface area (Å²) >= 11 is 0. The van der Waals surface area contributed by atoms with E-state index in [1.165, 1.54) is 6.33 Å². The molecule has 154 valence electrons. The maximum Gasteiger partial charge on any atom is 0.252 e. The van der Waals surface area contributed by atoms with Crippen molar-refractivity contribution in [1.82, 2.24) is 20.1 Å². The number of aromatic nitrogens is 3. The Morgan fingerprint density at radius 3 is 2.23 bits per heavy atom. The maximum absolute atomic E-state index is 12.9. The molecule has 1 N–H and O–H groups in total. The molecule has 1 aromatic heterocycles. The lowest BCUT2D eigenvalue weighted by Crippen LogP contribution is -2.25. The molecule has 0 saturated heterocycles. The molecule has 0 spiro atoms. The van der Waals surface area contributed by atoms with Gasteiger partial charge >= 0.3 is 0 Å². The third kappa shape index (κ3) is 4.93. The van der Waals surface area contributed by atoms with E-state index in [1.54, 1.807) is 47.4 Å². The molecule has 4 rings (SSSR count). The zero-order valence-electron chi connectivity index (χ0n) is 17.2. The Balaban J connectivity index is 1.43. The minimum atomic E-state index is -0.275. The Hall–Kier alpha value is -4.06. The van der Waals surface area contributed by atoms with Crippen LogP contribution in [0.3, 0.4) is 0 Å². The molecule has 0 fully saturated rings. The van der Waals surface area contributed by atoms with Crippen LogP contribution in [-0.2, 0) is 13.1 Å². The van der Waals surface area contributed by atoms with Crippen molar-refractivity contribution in [3.05, 3.63) is 119 Å². The number of hydrogen-bond donors (Lipinski definition) is 1. The third-order valence-electron chi connectivity index (χ3n) is 5.02. The molecule has 0 aliphatic rings. The lowest BCUT2D eigenvalue weighted by Gasteiger charge is -2.10. The van der Waals surface area contributed by atoms with Crippen LogP contribution in [0.25, 0.3) is 0 Å². The number of carbonyl (C=O) groups excluding carboxylic acids is 2. The second-order valence-corrected chi connectivity index (χ2v) is 7.33. The van der Waals surface area contributed by atoms with Crippen LogP contribution in [0.2, 0.25) is 0 Å². The number of ketones is 1. The normalized spacial score (nSPS) is 10.6. The van der Waals surface area contributed by atoms with Crippen molar-refractivity contribution >= 4 is 11.7 Å². The molecule has 0 bridgehead atoms. The van der Waals surface area contributed by atoms with Gasteiger partial charge in [0.2, 0.25) is 0 Å². The van der Waals surface area contributed by atoms with Gasteiger partial charge in [0.1, 0.15) is 12.7 Å². The first-order valence-electron chi connectivity index (χ1n) is 9.99. The highest BCUT2D eigenvalue weighted by Crippen LogP contribution is 2.16. The summed E-state index contributed by atoms with van der Waals surface area (Å²) in [5.74, 6) is -0.439. The minimum absolute atomic E-state index is 0.164. The van der Waals surface area contributed by atoms with Gasteiger partial charge in [-0.05, 0) is 24.1 Å². The van der Waals surface area contributed by atoms with E-state index in [2.05, 4.69) is 15.4 Å². The minimum Gasteiger partial charge on any atom is -0.348 e. The van der Waals surface area contributed by atoms with E-state index in [4.69, 9.17) is 0 Å². The molecular formula is C25H22N4O2. The quantitative estimate of drug-likeness (QED) is 0.470. The number of nitrogens with zero attached hydrogens (tertiary/aromatic N) is 3. The first-order valence-corrected chi connectivity index (χ1v) is 9.99. The van der Waals surface area contributed by atoms with Gasteiger partial charge in [-0.2, -0.15) is 5.10 Å². The molecule has 6 heteroatoms. The predicted molar refractivity (Wildman–Crippen MR) is 118 cm³/mol. The SMILES string of the molecule is Cc1ccc(C(=O)c2ccccc2C(=O)NCc2ccc(Cn3cncn3)cc2)cc1. The van der Waals surface area contributed by atoms with Gasteiger partial charge in [0.15, 0.2) is 5.78 Å². The highest BCUT2D eigenvalue weighted by atomic mass is 16.2. The smallest absolute Gasteiger partial charge is 0.252 e. The Kier molecular flexibility index (Phi) is 5.98. The summed E-state index contributed by atoms with van der Waals surface area (Å²) in [5, 5.41) is 7.01. The molecule has 6 nitrogen and oxygen atoms in total. The average Bonchev–Trinajstić information content (AvgIpc) is 3.31. The molecule has 31 heavy (non-hydrogen) atoms. The Labute approximate surface area is 180 Å². The number of carbonyl (C=O) groups is 2. The van der Waals surface area contributed by atoms with Gasteiger partial charge in [0.05, 0.1) is 12.1 Å². The van der Waals surface area contributed by atoms with Gasteiger partial charge in [-0.25, -0.2) is 9.67 Å². The molecule has 3 aromatic carbocycles. The molecule has 1 amide bonds. The molecule has 0 aliphatic heterocycles. The molecule has 0 aliphatic carbocycles. The van der Waals surface area contributed by atoms with Gasteiger partial charge in [0.25, 0.3) is 5.91 Å². The van der Waals surface area contributed by atoms with Gasteiger partial charge < -0.3 is 5.32 Å².